The molecule has 56 valence electrons. The summed E-state index contributed by atoms with van der Waals surface area (Å²) in [6.07, 6.45) is 0.385. The molecule has 1 rings (SSSR count). The van der Waals surface area contributed by atoms with E-state index in [1.807, 2.05) is 18.2 Å². The Morgan fingerprint density at radius 3 is 2.91 bits per heavy atom. The van der Waals surface area contributed by atoms with Crippen molar-refractivity contribution in [1.82, 2.24) is 0 Å². The zero-order valence-corrected chi connectivity index (χ0v) is 8.56. The maximum atomic E-state index is 8.42. The van der Waals surface area contributed by atoms with Gasteiger partial charge in [-0.3, -0.25) is 0 Å². The molecule has 0 aromatic heterocycles. The highest BCUT2D eigenvalue weighted by molar-refractivity contribution is 14.1. The quantitative estimate of drug-likeness (QED) is 0.724. The van der Waals surface area contributed by atoms with E-state index in [2.05, 4.69) is 28.7 Å². The number of benzene rings is 1. The van der Waals surface area contributed by atoms with Crippen LogP contribution >= 0.6 is 34.2 Å². The van der Waals surface area contributed by atoms with Crippen LogP contribution in [0.25, 0.3) is 0 Å². The Kier molecular flexibility index (Phi) is 3.16. The fourth-order valence-electron chi connectivity index (χ4n) is 0.770. The van der Waals surface area contributed by atoms with Gasteiger partial charge in [0.2, 0.25) is 0 Å². The SMILES string of the molecule is N#CCc1cccc(I)c1Cl. The Morgan fingerprint density at radius 2 is 2.27 bits per heavy atom. The third kappa shape index (κ3) is 2.08. The van der Waals surface area contributed by atoms with E-state index in [-0.39, 0.29) is 0 Å². The molecule has 1 aromatic carbocycles. The fraction of sp³-hybridized carbons (Fsp3) is 0.125. The second-order valence-corrected chi connectivity index (χ2v) is 3.59. The highest BCUT2D eigenvalue weighted by Crippen LogP contribution is 2.22. The Hall–Kier alpha value is -0.270. The second kappa shape index (κ2) is 3.93. The summed E-state index contributed by atoms with van der Waals surface area (Å²) in [4.78, 5) is 0. The van der Waals surface area contributed by atoms with Gasteiger partial charge in [0.05, 0.1) is 17.5 Å². The Balaban J connectivity index is 3.08. The van der Waals surface area contributed by atoms with Crippen LogP contribution in [0.4, 0.5) is 0 Å². The largest absolute Gasteiger partial charge is 0.198 e. The van der Waals surface area contributed by atoms with E-state index in [0.717, 1.165) is 9.13 Å². The molecule has 0 N–H and O–H groups in total. The third-order valence-electron chi connectivity index (χ3n) is 1.30. The minimum absolute atomic E-state index is 0.385. The molecule has 3 heteroatoms. The molecule has 1 aromatic rings. The lowest BCUT2D eigenvalue weighted by Crippen LogP contribution is -1.84. The molecule has 0 aliphatic rings. The molecule has 0 aliphatic carbocycles. The first-order valence-electron chi connectivity index (χ1n) is 3.05. The van der Waals surface area contributed by atoms with Crippen molar-refractivity contribution < 1.29 is 0 Å². The summed E-state index contributed by atoms with van der Waals surface area (Å²) in [5, 5.41) is 9.13. The maximum absolute atomic E-state index is 8.42. The molecule has 11 heavy (non-hydrogen) atoms. The first-order chi connectivity index (χ1) is 5.25. The van der Waals surface area contributed by atoms with Crippen molar-refractivity contribution in [3.63, 3.8) is 0 Å². The van der Waals surface area contributed by atoms with Crippen molar-refractivity contribution in [3.05, 3.63) is 32.4 Å². The van der Waals surface area contributed by atoms with Crippen LogP contribution in [-0.4, -0.2) is 0 Å². The van der Waals surface area contributed by atoms with Gasteiger partial charge in [0.25, 0.3) is 0 Å². The molecule has 0 bridgehead atoms. The summed E-state index contributed by atoms with van der Waals surface area (Å²) in [7, 11) is 0. The van der Waals surface area contributed by atoms with Crippen molar-refractivity contribution in [2.45, 2.75) is 6.42 Å². The van der Waals surface area contributed by atoms with Crippen LogP contribution in [0.2, 0.25) is 5.02 Å². The highest BCUT2D eigenvalue weighted by Gasteiger charge is 2.01. The lowest BCUT2D eigenvalue weighted by Gasteiger charge is -1.99. The van der Waals surface area contributed by atoms with Crippen LogP contribution in [-0.2, 0) is 6.42 Å². The van der Waals surface area contributed by atoms with Gasteiger partial charge in [-0.15, -0.1) is 0 Å². The summed E-state index contributed by atoms with van der Waals surface area (Å²) in [5.41, 5.74) is 0.904. The zero-order chi connectivity index (χ0) is 8.27. The summed E-state index contributed by atoms with van der Waals surface area (Å²) in [6, 6.07) is 7.76. The van der Waals surface area contributed by atoms with Crippen molar-refractivity contribution in [1.29, 1.82) is 5.26 Å². The molecule has 0 radical (unpaired) electrons. The van der Waals surface area contributed by atoms with Gasteiger partial charge in [0.15, 0.2) is 0 Å². The smallest absolute Gasteiger partial charge is 0.0670 e. The number of rotatable bonds is 1. The Bertz CT molecular complexity index is 303. The van der Waals surface area contributed by atoms with Crippen molar-refractivity contribution in [2.24, 2.45) is 0 Å². The number of halogens is 2. The molecule has 0 fully saturated rings. The molecule has 0 saturated carbocycles. The average molecular weight is 277 g/mol. The van der Waals surface area contributed by atoms with Crippen LogP contribution < -0.4 is 0 Å². The predicted octanol–water partition coefficient (Wildman–Crippen LogP) is 3.01. The molecular formula is C8H5ClIN. The number of hydrogen-bond donors (Lipinski definition) is 0. The second-order valence-electron chi connectivity index (χ2n) is 2.05. The van der Waals surface area contributed by atoms with E-state index >= 15 is 0 Å². The molecular weight excluding hydrogens is 272 g/mol. The van der Waals surface area contributed by atoms with E-state index < -0.39 is 0 Å². The van der Waals surface area contributed by atoms with Gasteiger partial charge in [0, 0.05) is 3.57 Å². The third-order valence-corrected chi connectivity index (χ3v) is 2.97. The molecule has 0 heterocycles. The number of nitrogens with zero attached hydrogens (tertiary/aromatic N) is 1. The van der Waals surface area contributed by atoms with E-state index in [9.17, 15) is 0 Å². The first kappa shape index (κ1) is 8.82. The molecule has 0 unspecified atom stereocenters. The van der Waals surface area contributed by atoms with Gasteiger partial charge in [-0.05, 0) is 34.2 Å². The topological polar surface area (TPSA) is 23.8 Å². The van der Waals surface area contributed by atoms with Crippen LogP contribution in [0.3, 0.4) is 0 Å². The van der Waals surface area contributed by atoms with Gasteiger partial charge < -0.3 is 0 Å². The highest BCUT2D eigenvalue weighted by atomic mass is 127. The normalized spacial score (nSPS) is 9.18. The van der Waals surface area contributed by atoms with E-state index in [4.69, 9.17) is 16.9 Å². The van der Waals surface area contributed by atoms with Crippen molar-refractivity contribution >= 4 is 34.2 Å². The molecule has 0 atom stereocenters. The number of nitriles is 1. The predicted molar refractivity (Wildman–Crippen MR) is 53.5 cm³/mol. The molecule has 0 amide bonds. The summed E-state index contributed by atoms with van der Waals surface area (Å²) < 4.78 is 0.997. The Morgan fingerprint density at radius 1 is 1.55 bits per heavy atom. The standard InChI is InChI=1S/C8H5ClIN/c9-8-6(4-5-11)2-1-3-7(8)10/h1-3H,4H2. The first-order valence-corrected chi connectivity index (χ1v) is 4.51. The lowest BCUT2D eigenvalue weighted by molar-refractivity contribution is 1.26. The van der Waals surface area contributed by atoms with Crippen LogP contribution in [0.1, 0.15) is 5.56 Å². The van der Waals surface area contributed by atoms with Crippen LogP contribution in [0.5, 0.6) is 0 Å². The van der Waals surface area contributed by atoms with Crippen molar-refractivity contribution in [3.8, 4) is 6.07 Å². The molecule has 0 spiro atoms. The summed E-state index contributed by atoms with van der Waals surface area (Å²) in [5.74, 6) is 0. The van der Waals surface area contributed by atoms with E-state index in [1.54, 1.807) is 0 Å². The van der Waals surface area contributed by atoms with Gasteiger partial charge in [-0.25, -0.2) is 0 Å². The number of hydrogen-bond acceptors (Lipinski definition) is 1. The minimum Gasteiger partial charge on any atom is -0.198 e. The monoisotopic (exact) mass is 277 g/mol. The van der Waals surface area contributed by atoms with Crippen LogP contribution in [0.15, 0.2) is 18.2 Å². The molecule has 0 saturated heterocycles. The zero-order valence-electron chi connectivity index (χ0n) is 5.64. The van der Waals surface area contributed by atoms with E-state index in [1.165, 1.54) is 0 Å². The summed E-state index contributed by atoms with van der Waals surface area (Å²) >= 11 is 8.06. The minimum atomic E-state index is 0.385. The van der Waals surface area contributed by atoms with Gasteiger partial charge in [-0.2, -0.15) is 5.26 Å². The molecule has 1 nitrogen and oxygen atoms in total. The van der Waals surface area contributed by atoms with Gasteiger partial charge in [-0.1, -0.05) is 23.7 Å². The lowest BCUT2D eigenvalue weighted by atomic mass is 10.2. The van der Waals surface area contributed by atoms with Crippen LogP contribution in [0, 0.1) is 14.9 Å². The average Bonchev–Trinajstić information content (AvgIpc) is 1.99. The van der Waals surface area contributed by atoms with Gasteiger partial charge in [0.1, 0.15) is 0 Å². The maximum Gasteiger partial charge on any atom is 0.0670 e. The summed E-state index contributed by atoms with van der Waals surface area (Å²) in [6.45, 7) is 0. The van der Waals surface area contributed by atoms with Gasteiger partial charge >= 0.3 is 0 Å². The van der Waals surface area contributed by atoms with E-state index in [0.29, 0.717) is 11.4 Å². The van der Waals surface area contributed by atoms with Crippen molar-refractivity contribution in [2.75, 3.05) is 0 Å². The fourth-order valence-corrected chi connectivity index (χ4v) is 1.52. The Labute approximate surface area is 84.1 Å². The molecule has 0 aliphatic heterocycles.